The largest absolute Gasteiger partial charge is 0.326 e. The van der Waals surface area contributed by atoms with Crippen LogP contribution in [0.1, 0.15) is 53.8 Å². The van der Waals surface area contributed by atoms with Crippen molar-refractivity contribution in [2.75, 3.05) is 5.32 Å². The van der Waals surface area contributed by atoms with Crippen molar-refractivity contribution >= 4 is 11.7 Å². The highest BCUT2D eigenvalue weighted by molar-refractivity contribution is 6.07. The Kier molecular flexibility index (Phi) is 4.52. The summed E-state index contributed by atoms with van der Waals surface area (Å²) in [5, 5.41) is 2.96. The third kappa shape index (κ3) is 3.66. The lowest BCUT2D eigenvalue weighted by molar-refractivity contribution is 0.102. The number of nitrogens with one attached hydrogen (secondary N) is 1. The number of aromatic nitrogens is 5. The highest BCUT2D eigenvalue weighted by Crippen LogP contribution is 2.40. The number of rotatable bonds is 6. The van der Waals surface area contributed by atoms with E-state index in [-0.39, 0.29) is 5.91 Å². The minimum absolute atomic E-state index is 0.264. The molecule has 0 atom stereocenters. The Hall–Kier alpha value is -3.87. The van der Waals surface area contributed by atoms with E-state index in [1.807, 2.05) is 48.9 Å². The molecule has 7 heteroatoms. The van der Waals surface area contributed by atoms with Gasteiger partial charge in [-0.25, -0.2) is 15.0 Å². The summed E-state index contributed by atoms with van der Waals surface area (Å²) >= 11 is 0. The summed E-state index contributed by atoms with van der Waals surface area (Å²) in [5.74, 6) is 0.687. The second-order valence-corrected chi connectivity index (χ2v) is 8.42. The molecule has 2 fully saturated rings. The van der Waals surface area contributed by atoms with Crippen LogP contribution in [0.15, 0.2) is 67.4 Å². The van der Waals surface area contributed by atoms with Crippen molar-refractivity contribution in [3.8, 4) is 22.5 Å². The molecule has 2 saturated carbocycles. The van der Waals surface area contributed by atoms with Crippen LogP contribution in [-0.4, -0.2) is 30.4 Å². The monoisotopic (exact) mass is 422 g/mol. The SMILES string of the molecule is O=C(Nc1cccc(-c2cncn2C2CC2)n1)c1nc(C2CC2)ccc1-c1ccncc1. The van der Waals surface area contributed by atoms with Crippen molar-refractivity contribution in [1.29, 1.82) is 0 Å². The van der Waals surface area contributed by atoms with E-state index in [1.54, 1.807) is 18.5 Å². The predicted molar refractivity (Wildman–Crippen MR) is 121 cm³/mol. The lowest BCUT2D eigenvalue weighted by atomic mass is 10.0. The van der Waals surface area contributed by atoms with Crippen molar-refractivity contribution in [3.63, 3.8) is 0 Å². The zero-order valence-electron chi connectivity index (χ0n) is 17.5. The second-order valence-electron chi connectivity index (χ2n) is 8.42. The third-order valence-electron chi connectivity index (χ3n) is 5.98. The Morgan fingerprint density at radius 1 is 0.938 bits per heavy atom. The van der Waals surface area contributed by atoms with Gasteiger partial charge < -0.3 is 9.88 Å². The summed E-state index contributed by atoms with van der Waals surface area (Å²) in [6, 6.07) is 14.0. The van der Waals surface area contributed by atoms with Crippen LogP contribution in [0.25, 0.3) is 22.5 Å². The van der Waals surface area contributed by atoms with Gasteiger partial charge in [0, 0.05) is 35.6 Å². The van der Waals surface area contributed by atoms with Crippen molar-refractivity contribution in [3.05, 3.63) is 78.8 Å². The lowest BCUT2D eigenvalue weighted by Gasteiger charge is -2.12. The molecule has 2 aliphatic rings. The van der Waals surface area contributed by atoms with E-state index in [2.05, 4.69) is 19.9 Å². The fourth-order valence-electron chi connectivity index (χ4n) is 3.99. The first-order chi connectivity index (χ1) is 15.8. The van der Waals surface area contributed by atoms with Crippen LogP contribution >= 0.6 is 0 Å². The zero-order chi connectivity index (χ0) is 21.5. The molecule has 7 nitrogen and oxygen atoms in total. The maximum Gasteiger partial charge on any atom is 0.276 e. The fraction of sp³-hybridized carbons (Fsp3) is 0.240. The van der Waals surface area contributed by atoms with Gasteiger partial charge in [-0.2, -0.15) is 0 Å². The summed E-state index contributed by atoms with van der Waals surface area (Å²) in [4.78, 5) is 31.2. The molecule has 1 N–H and O–H groups in total. The minimum atomic E-state index is -0.264. The van der Waals surface area contributed by atoms with Gasteiger partial charge in [0.2, 0.25) is 0 Å². The number of anilines is 1. The molecule has 4 aromatic heterocycles. The zero-order valence-corrected chi connectivity index (χ0v) is 17.5. The quantitative estimate of drug-likeness (QED) is 0.479. The smallest absolute Gasteiger partial charge is 0.276 e. The molecule has 6 rings (SSSR count). The molecular weight excluding hydrogens is 400 g/mol. The predicted octanol–water partition coefficient (Wildman–Crippen LogP) is 4.87. The molecule has 4 aromatic rings. The van der Waals surface area contributed by atoms with E-state index in [0.29, 0.717) is 23.5 Å². The van der Waals surface area contributed by atoms with Gasteiger partial charge >= 0.3 is 0 Å². The highest BCUT2D eigenvalue weighted by Gasteiger charge is 2.28. The molecule has 32 heavy (non-hydrogen) atoms. The Morgan fingerprint density at radius 3 is 2.56 bits per heavy atom. The van der Waals surface area contributed by atoms with Gasteiger partial charge in [-0.1, -0.05) is 12.1 Å². The first kappa shape index (κ1) is 18.9. The molecule has 0 spiro atoms. The molecule has 4 heterocycles. The molecule has 158 valence electrons. The van der Waals surface area contributed by atoms with Crippen molar-refractivity contribution in [2.45, 2.75) is 37.6 Å². The molecular formula is C25H22N6O. The Labute approximate surface area is 185 Å². The van der Waals surface area contributed by atoms with Crippen LogP contribution in [0.4, 0.5) is 5.82 Å². The maximum atomic E-state index is 13.3. The number of pyridine rings is 3. The number of hydrogen-bond acceptors (Lipinski definition) is 5. The number of imidazole rings is 1. The summed E-state index contributed by atoms with van der Waals surface area (Å²) in [6.07, 6.45) is 11.7. The minimum Gasteiger partial charge on any atom is -0.326 e. The van der Waals surface area contributed by atoms with E-state index in [0.717, 1.165) is 41.1 Å². The lowest BCUT2D eigenvalue weighted by Crippen LogP contribution is -2.17. The van der Waals surface area contributed by atoms with Crippen LogP contribution in [0.3, 0.4) is 0 Å². The molecule has 0 aliphatic heterocycles. The molecule has 0 unspecified atom stereocenters. The molecule has 0 radical (unpaired) electrons. The maximum absolute atomic E-state index is 13.3. The van der Waals surface area contributed by atoms with Crippen LogP contribution in [0, 0.1) is 0 Å². The second kappa shape index (κ2) is 7.67. The third-order valence-corrected chi connectivity index (χ3v) is 5.98. The summed E-state index contributed by atoms with van der Waals surface area (Å²) in [6.45, 7) is 0. The normalized spacial score (nSPS) is 15.5. The van der Waals surface area contributed by atoms with E-state index >= 15 is 0 Å². The number of amides is 1. The van der Waals surface area contributed by atoms with Gasteiger partial charge in [0.1, 0.15) is 11.5 Å². The summed E-state index contributed by atoms with van der Waals surface area (Å²) in [5.41, 5.74) is 4.85. The van der Waals surface area contributed by atoms with E-state index < -0.39 is 0 Å². The summed E-state index contributed by atoms with van der Waals surface area (Å²) in [7, 11) is 0. The molecule has 0 bridgehead atoms. The first-order valence-electron chi connectivity index (χ1n) is 11.0. The number of nitrogens with zero attached hydrogens (tertiary/aromatic N) is 5. The highest BCUT2D eigenvalue weighted by atomic mass is 16.1. The fourth-order valence-corrected chi connectivity index (χ4v) is 3.99. The van der Waals surface area contributed by atoms with Crippen molar-refractivity contribution < 1.29 is 4.79 Å². The van der Waals surface area contributed by atoms with Crippen molar-refractivity contribution in [2.24, 2.45) is 0 Å². The van der Waals surface area contributed by atoms with E-state index in [1.165, 1.54) is 12.8 Å². The molecule has 0 aromatic carbocycles. The van der Waals surface area contributed by atoms with Crippen LogP contribution in [0.5, 0.6) is 0 Å². The van der Waals surface area contributed by atoms with Crippen LogP contribution in [-0.2, 0) is 0 Å². The Bertz CT molecular complexity index is 1290. The van der Waals surface area contributed by atoms with Gasteiger partial charge in [-0.15, -0.1) is 0 Å². The Morgan fingerprint density at radius 2 is 1.78 bits per heavy atom. The molecule has 0 saturated heterocycles. The van der Waals surface area contributed by atoms with Gasteiger partial charge in [0.25, 0.3) is 5.91 Å². The van der Waals surface area contributed by atoms with Gasteiger partial charge in [0.05, 0.1) is 23.9 Å². The van der Waals surface area contributed by atoms with Gasteiger partial charge in [0.15, 0.2) is 0 Å². The van der Waals surface area contributed by atoms with E-state index in [9.17, 15) is 4.79 Å². The van der Waals surface area contributed by atoms with Gasteiger partial charge in [-0.3, -0.25) is 9.78 Å². The van der Waals surface area contributed by atoms with Crippen LogP contribution < -0.4 is 5.32 Å². The molecule has 2 aliphatic carbocycles. The Balaban J connectivity index is 1.33. The number of carbonyl (C=O) groups excluding carboxylic acids is 1. The average molecular weight is 422 g/mol. The molecule has 1 amide bonds. The standard InChI is InChI=1S/C25H22N6O/c32-25(24-19(16-10-12-26-13-11-16)8-9-20(29-24)17-4-5-17)30-23-3-1-2-21(28-23)22-14-27-15-31(22)18-6-7-18/h1-3,8-15,17-18H,4-7H2,(H,28,30,32). The number of hydrogen-bond donors (Lipinski definition) is 1. The number of carbonyl (C=O) groups is 1. The first-order valence-corrected chi connectivity index (χ1v) is 11.0. The van der Waals surface area contributed by atoms with E-state index in [4.69, 9.17) is 9.97 Å². The van der Waals surface area contributed by atoms with Crippen LogP contribution in [0.2, 0.25) is 0 Å². The summed E-state index contributed by atoms with van der Waals surface area (Å²) < 4.78 is 2.16. The van der Waals surface area contributed by atoms with Gasteiger partial charge in [-0.05, 0) is 61.6 Å². The topological polar surface area (TPSA) is 85.6 Å². The average Bonchev–Trinajstić information content (AvgIpc) is 3.78. The van der Waals surface area contributed by atoms with Crippen molar-refractivity contribution in [1.82, 2.24) is 24.5 Å².